The number of amides is 7. The molecule has 0 spiro atoms. The second kappa shape index (κ2) is 30.8. The van der Waals surface area contributed by atoms with Gasteiger partial charge in [0.2, 0.25) is 35.4 Å². The molecule has 9 rings (SSSR count). The SMILES string of the molecule is C[C@@H](O)[C@@H]1NC(=O)[C@@H](NC(=O)c2ccc(-c3nnc(-c4ccc(N5CCN(CC6CCCC6)CC5)cc4)s3)cc2)C[C@@H](O)CNC(=O)[C@@H]2[C@@H](O)[C@@H](C)CN2C(=O)[C@H]([C@H](O)CCN)NC(=O)[C@H]([C@H](O)Cc2ccc(O)c(OCCN)c2)NC(=O)[C@@H]2C[C@@H](O)CN2C1=O. The van der Waals surface area contributed by atoms with Crippen LogP contribution in [0.2, 0.25) is 0 Å². The summed E-state index contributed by atoms with van der Waals surface area (Å²) in [6, 6.07) is 7.57. The van der Waals surface area contributed by atoms with Gasteiger partial charge in [0.25, 0.3) is 5.91 Å². The minimum absolute atomic E-state index is 0.00286. The smallest absolute Gasteiger partial charge is 0.251 e. The summed E-state index contributed by atoms with van der Waals surface area (Å²) in [6.45, 7) is 6.27. The third-order valence-electron chi connectivity index (χ3n) is 17.7. The fourth-order valence-electron chi connectivity index (χ4n) is 12.6. The van der Waals surface area contributed by atoms with Crippen molar-refractivity contribution in [2.24, 2.45) is 23.3 Å². The molecule has 1 aromatic heterocycles. The summed E-state index contributed by atoms with van der Waals surface area (Å²) in [5, 5.41) is 102. The molecular weight excluding hydrogens is 1200 g/mol. The molecule has 0 radical (unpaired) electrons. The Balaban J connectivity index is 0.953. The summed E-state index contributed by atoms with van der Waals surface area (Å²) in [4.78, 5) is 108. The van der Waals surface area contributed by atoms with Crippen molar-refractivity contribution >= 4 is 58.4 Å². The number of β-amino-alcohol motifs (C(OH)–C–C–N with tert-alkyl or cyclic N) is 1. The molecular formula is C62H85N13O15S. The Kier molecular flexibility index (Phi) is 23.0. The number of phenolic OH excluding ortho intramolecular Hbond substituents is 1. The number of fused-ring (bicyclic) bond motifs is 2. The highest BCUT2D eigenvalue weighted by atomic mass is 32.1. The van der Waals surface area contributed by atoms with Gasteiger partial charge in [-0.05, 0) is 92.7 Å². The van der Waals surface area contributed by atoms with Crippen molar-refractivity contribution in [3.63, 3.8) is 0 Å². The van der Waals surface area contributed by atoms with Gasteiger partial charge in [-0.25, -0.2) is 0 Å². The number of nitrogens with zero attached hydrogens (tertiary/aromatic N) is 6. The number of aliphatic hydroxyl groups is 6. The third kappa shape index (κ3) is 16.6. The zero-order valence-electron chi connectivity index (χ0n) is 51.0. The van der Waals surface area contributed by atoms with E-state index in [1.54, 1.807) is 12.1 Å². The van der Waals surface area contributed by atoms with Gasteiger partial charge in [0.05, 0.1) is 36.6 Å². The van der Waals surface area contributed by atoms with E-state index in [2.05, 4.69) is 58.7 Å². The van der Waals surface area contributed by atoms with Crippen LogP contribution < -0.4 is 47.7 Å². The molecule has 494 valence electrons. The largest absolute Gasteiger partial charge is 0.504 e. The number of hydrogen-bond donors (Lipinski definition) is 14. The van der Waals surface area contributed by atoms with Crippen LogP contribution in [0.5, 0.6) is 11.5 Å². The molecule has 0 bridgehead atoms. The molecule has 7 amide bonds. The Hall–Kier alpha value is -7.45. The lowest BCUT2D eigenvalue weighted by molar-refractivity contribution is -0.147. The second-order valence-electron chi connectivity index (χ2n) is 24.5. The molecule has 5 aliphatic rings. The van der Waals surface area contributed by atoms with E-state index in [1.165, 1.54) is 80.8 Å². The van der Waals surface area contributed by atoms with Crippen LogP contribution in [0.15, 0.2) is 66.7 Å². The van der Waals surface area contributed by atoms with E-state index in [4.69, 9.17) is 16.2 Å². The first kappa shape index (κ1) is 67.9. The number of phenols is 1. The number of ether oxygens (including phenoxy) is 1. The van der Waals surface area contributed by atoms with E-state index in [-0.39, 0.29) is 55.3 Å². The Bertz CT molecular complexity index is 3180. The van der Waals surface area contributed by atoms with Crippen molar-refractivity contribution < 1.29 is 74.0 Å². The molecule has 4 aromatic rings. The number of aromatic nitrogens is 2. The number of carbonyl (C=O) groups is 7. The normalized spacial score (nSPS) is 27.2. The molecule has 5 fully saturated rings. The zero-order chi connectivity index (χ0) is 65.2. The van der Waals surface area contributed by atoms with Crippen molar-refractivity contribution in [1.82, 2.24) is 51.5 Å². The lowest BCUT2D eigenvalue weighted by Crippen LogP contribution is -2.64. The number of aromatic hydroxyl groups is 1. The van der Waals surface area contributed by atoms with Crippen molar-refractivity contribution in [1.29, 1.82) is 0 Å². The maximum atomic E-state index is 14.7. The summed E-state index contributed by atoms with van der Waals surface area (Å²) in [5.74, 6) is -7.78. The monoisotopic (exact) mass is 1280 g/mol. The van der Waals surface area contributed by atoms with Gasteiger partial charge >= 0.3 is 0 Å². The van der Waals surface area contributed by atoms with Crippen molar-refractivity contribution in [2.45, 2.75) is 138 Å². The first-order chi connectivity index (χ1) is 43.6. The van der Waals surface area contributed by atoms with Crippen LogP contribution in [0.25, 0.3) is 21.1 Å². The van der Waals surface area contributed by atoms with Crippen molar-refractivity contribution in [3.05, 3.63) is 77.9 Å². The molecule has 0 unspecified atom stereocenters. The molecule has 1 aliphatic carbocycles. The molecule has 16 N–H and O–H groups in total. The highest BCUT2D eigenvalue weighted by Gasteiger charge is 2.50. The number of rotatable bonds is 17. The van der Waals surface area contributed by atoms with Crippen LogP contribution in [0, 0.1) is 11.8 Å². The highest BCUT2D eigenvalue weighted by molar-refractivity contribution is 7.17. The first-order valence-corrected chi connectivity index (χ1v) is 32.0. The second-order valence-corrected chi connectivity index (χ2v) is 25.5. The van der Waals surface area contributed by atoms with E-state index in [9.17, 15) is 69.3 Å². The Morgan fingerprint density at radius 3 is 2.02 bits per heavy atom. The van der Waals surface area contributed by atoms with Gasteiger partial charge in [0.1, 0.15) is 52.9 Å². The van der Waals surface area contributed by atoms with Crippen LogP contribution in [0.4, 0.5) is 5.69 Å². The number of benzene rings is 3. The quantitative estimate of drug-likeness (QED) is 0.0521. The zero-order valence-corrected chi connectivity index (χ0v) is 51.8. The molecule has 1 saturated carbocycles. The van der Waals surface area contributed by atoms with E-state index < -0.39 is 152 Å². The molecule has 28 nitrogen and oxygen atoms in total. The average molecular weight is 1280 g/mol. The van der Waals surface area contributed by atoms with E-state index in [1.807, 2.05) is 12.1 Å². The molecule has 4 aliphatic heterocycles. The molecule has 4 saturated heterocycles. The molecule has 91 heavy (non-hydrogen) atoms. The number of carbonyl (C=O) groups excluding carboxylic acids is 7. The highest BCUT2D eigenvalue weighted by Crippen LogP contribution is 2.34. The van der Waals surface area contributed by atoms with Crippen LogP contribution in [0.1, 0.15) is 74.7 Å². The van der Waals surface area contributed by atoms with Crippen LogP contribution in [-0.2, 0) is 35.2 Å². The predicted molar refractivity (Wildman–Crippen MR) is 333 cm³/mol. The van der Waals surface area contributed by atoms with Crippen LogP contribution in [-0.4, -0.2) is 247 Å². The topological polar surface area (TPSA) is 421 Å². The van der Waals surface area contributed by atoms with Gasteiger partial charge in [-0.15, -0.1) is 10.2 Å². The van der Waals surface area contributed by atoms with Crippen molar-refractivity contribution in [2.75, 3.05) is 77.0 Å². The van der Waals surface area contributed by atoms with Gasteiger partial charge in [-0.2, -0.15) is 0 Å². The third-order valence-corrected chi connectivity index (χ3v) is 18.7. The maximum absolute atomic E-state index is 14.7. The minimum atomic E-state index is -2.04. The number of piperazine rings is 1. The van der Waals surface area contributed by atoms with Crippen LogP contribution >= 0.6 is 11.3 Å². The lowest BCUT2D eigenvalue weighted by atomic mass is 9.98. The Morgan fingerprint density at radius 2 is 1.37 bits per heavy atom. The Morgan fingerprint density at radius 1 is 0.736 bits per heavy atom. The van der Waals surface area contributed by atoms with E-state index in [0.29, 0.717) is 15.6 Å². The van der Waals surface area contributed by atoms with Gasteiger partial charge in [-0.1, -0.05) is 49.3 Å². The first-order valence-electron chi connectivity index (χ1n) is 31.2. The fraction of sp³-hybridized carbons (Fsp3) is 0.565. The average Bonchev–Trinajstić information content (AvgIpc) is 2.18. The summed E-state index contributed by atoms with van der Waals surface area (Å²) in [6.07, 6.45) is -6.47. The number of hydrogen-bond acceptors (Lipinski definition) is 22. The van der Waals surface area contributed by atoms with E-state index >= 15 is 0 Å². The lowest BCUT2D eigenvalue weighted by Gasteiger charge is -2.37. The van der Waals surface area contributed by atoms with Gasteiger partial charge in [0.15, 0.2) is 11.5 Å². The molecule has 29 heteroatoms. The standard InChI is InChI=1S/C62H85N13O15S/c1-33-30-75-52(53(33)82)58(87)65-29-41(77)27-43(66-54(83)37-8-10-38(11-9-37)59-70-71-60(91-59)39-12-14-40(15-13-39)73-22-20-72(21-23-73)31-35-5-3-4-6-35)55(84)67-49(34(2)76)61(88)74-32-42(78)28-44(74)56(85)68-50(57(86)69-51(62(75)89)46(80)17-18-63)47(81)25-36-7-16-45(79)48(26-36)90-24-19-64/h7-16,26,33-35,41-44,46-47,49-53,76-82H,3-6,17-25,27-32,63-64H2,1-2H3,(H,65,87)(H,66,83)(H,67,84)(H,68,85)(H,69,86)/t33-,34+,41+,42+,43-,44-,46+,47+,49-,50-,51-,52-,53-/m0/s1. The minimum Gasteiger partial charge on any atom is -0.504 e. The van der Waals surface area contributed by atoms with Gasteiger partial charge < -0.3 is 93.2 Å². The van der Waals surface area contributed by atoms with Crippen molar-refractivity contribution in [3.8, 4) is 32.6 Å². The number of anilines is 1. The summed E-state index contributed by atoms with van der Waals surface area (Å²) >= 11 is 1.35. The van der Waals surface area contributed by atoms with Gasteiger partial charge in [0, 0.05) is 106 Å². The van der Waals surface area contributed by atoms with Crippen LogP contribution in [0.3, 0.4) is 0 Å². The summed E-state index contributed by atoms with van der Waals surface area (Å²) in [5.41, 5.74) is 14.4. The number of aliphatic hydroxyl groups excluding tert-OH is 6. The Labute approximate surface area is 530 Å². The maximum Gasteiger partial charge on any atom is 0.251 e. The number of nitrogens with one attached hydrogen (secondary N) is 5. The summed E-state index contributed by atoms with van der Waals surface area (Å²) in [7, 11) is 0. The molecule has 13 atom stereocenters. The predicted octanol–water partition coefficient (Wildman–Crippen LogP) is -2.48. The van der Waals surface area contributed by atoms with Gasteiger partial charge in [-0.3, -0.25) is 38.5 Å². The number of nitrogens with two attached hydrogens (primary N) is 2. The fourth-order valence-corrected chi connectivity index (χ4v) is 13.5. The summed E-state index contributed by atoms with van der Waals surface area (Å²) < 4.78 is 5.52. The van der Waals surface area contributed by atoms with E-state index in [0.717, 1.165) is 60.1 Å². The molecule has 5 heterocycles. The molecule has 3 aromatic carbocycles.